The van der Waals surface area contributed by atoms with E-state index in [0.29, 0.717) is 11.7 Å². The van der Waals surface area contributed by atoms with E-state index in [-0.39, 0.29) is 0 Å². The van der Waals surface area contributed by atoms with Crippen LogP contribution in [0.5, 0.6) is 0 Å². The van der Waals surface area contributed by atoms with Gasteiger partial charge in [-0.15, -0.1) is 5.10 Å². The van der Waals surface area contributed by atoms with Gasteiger partial charge in [-0.1, -0.05) is 11.3 Å². The van der Waals surface area contributed by atoms with E-state index in [0.717, 1.165) is 37.1 Å². The highest BCUT2D eigenvalue weighted by Gasteiger charge is 2.19. The number of benzene rings is 1. The molecular weight excluding hydrogens is 204 g/mol. The molecule has 2 N–H and O–H groups in total. The average molecular weight is 218 g/mol. The van der Waals surface area contributed by atoms with Gasteiger partial charge < -0.3 is 10.5 Å². The zero-order valence-corrected chi connectivity index (χ0v) is 8.97. The summed E-state index contributed by atoms with van der Waals surface area (Å²) in [7, 11) is 0. The van der Waals surface area contributed by atoms with Gasteiger partial charge in [0, 0.05) is 13.2 Å². The predicted octanol–water partition coefficient (Wildman–Crippen LogP) is 1.36. The van der Waals surface area contributed by atoms with Crippen molar-refractivity contribution in [2.75, 3.05) is 18.9 Å². The Balaban J connectivity index is 2.06. The summed E-state index contributed by atoms with van der Waals surface area (Å²) in [5.41, 5.74) is 8.37. The molecule has 1 aliphatic heterocycles. The number of anilines is 1. The van der Waals surface area contributed by atoms with Crippen LogP contribution in [0.4, 0.5) is 5.69 Å². The van der Waals surface area contributed by atoms with Crippen molar-refractivity contribution in [3.63, 3.8) is 0 Å². The quantitative estimate of drug-likeness (QED) is 0.734. The van der Waals surface area contributed by atoms with E-state index >= 15 is 0 Å². The number of ether oxygens (including phenoxy) is 1. The molecule has 1 aromatic carbocycles. The molecule has 1 aliphatic rings. The Hall–Kier alpha value is -1.62. The zero-order chi connectivity index (χ0) is 11.0. The minimum absolute atomic E-state index is 0.389. The van der Waals surface area contributed by atoms with Gasteiger partial charge in [-0.3, -0.25) is 0 Å². The third kappa shape index (κ3) is 1.44. The van der Waals surface area contributed by atoms with Gasteiger partial charge >= 0.3 is 0 Å². The van der Waals surface area contributed by atoms with Gasteiger partial charge in [-0.2, -0.15) is 0 Å². The second-order valence-corrected chi connectivity index (χ2v) is 4.09. The van der Waals surface area contributed by atoms with Crippen molar-refractivity contribution in [3.05, 3.63) is 18.2 Å². The van der Waals surface area contributed by atoms with E-state index in [4.69, 9.17) is 10.5 Å². The third-order valence-electron chi connectivity index (χ3n) is 3.07. The summed E-state index contributed by atoms with van der Waals surface area (Å²) < 4.78 is 7.33. The van der Waals surface area contributed by atoms with Gasteiger partial charge in [0.2, 0.25) is 0 Å². The summed E-state index contributed by atoms with van der Waals surface area (Å²) in [6.07, 6.45) is 1.99. The number of hydrogen-bond acceptors (Lipinski definition) is 4. The fraction of sp³-hybridized carbons (Fsp3) is 0.455. The molecule has 5 heteroatoms. The fourth-order valence-electron chi connectivity index (χ4n) is 2.18. The van der Waals surface area contributed by atoms with Crippen LogP contribution in [0.15, 0.2) is 18.2 Å². The zero-order valence-electron chi connectivity index (χ0n) is 8.97. The minimum atomic E-state index is 0.389. The van der Waals surface area contributed by atoms with Gasteiger partial charge in [-0.05, 0) is 25.0 Å². The van der Waals surface area contributed by atoms with Crippen LogP contribution < -0.4 is 5.73 Å². The number of nitrogens with two attached hydrogens (primary N) is 1. The lowest BCUT2D eigenvalue weighted by molar-refractivity contribution is 0.0669. The summed E-state index contributed by atoms with van der Waals surface area (Å²) in [6.45, 7) is 1.60. The summed E-state index contributed by atoms with van der Waals surface area (Å²) >= 11 is 0. The van der Waals surface area contributed by atoms with Crippen LogP contribution in [-0.4, -0.2) is 28.2 Å². The van der Waals surface area contributed by atoms with E-state index in [2.05, 4.69) is 10.3 Å². The van der Waals surface area contributed by atoms with Gasteiger partial charge in [0.05, 0.1) is 17.2 Å². The Morgan fingerprint density at radius 2 is 2.12 bits per heavy atom. The lowest BCUT2D eigenvalue weighted by Crippen LogP contribution is -2.20. The highest BCUT2D eigenvalue weighted by atomic mass is 16.5. The molecule has 1 saturated heterocycles. The molecule has 2 heterocycles. The first kappa shape index (κ1) is 9.59. The molecule has 0 bridgehead atoms. The Labute approximate surface area is 93.2 Å². The predicted molar refractivity (Wildman–Crippen MR) is 61.0 cm³/mol. The van der Waals surface area contributed by atoms with Crippen molar-refractivity contribution < 1.29 is 4.74 Å². The molecule has 2 aromatic rings. The molecule has 1 fully saturated rings. The summed E-state index contributed by atoms with van der Waals surface area (Å²) in [5, 5.41) is 8.35. The lowest BCUT2D eigenvalue weighted by atomic mass is 10.1. The van der Waals surface area contributed by atoms with E-state index in [1.54, 1.807) is 0 Å². The van der Waals surface area contributed by atoms with E-state index in [9.17, 15) is 0 Å². The van der Waals surface area contributed by atoms with Crippen molar-refractivity contribution in [1.29, 1.82) is 0 Å². The van der Waals surface area contributed by atoms with Crippen LogP contribution in [0.25, 0.3) is 11.0 Å². The molecule has 0 atom stereocenters. The first-order valence-electron chi connectivity index (χ1n) is 5.53. The highest BCUT2D eigenvalue weighted by molar-refractivity contribution is 5.86. The van der Waals surface area contributed by atoms with Crippen LogP contribution in [0.1, 0.15) is 18.9 Å². The van der Waals surface area contributed by atoms with E-state index in [1.807, 2.05) is 22.9 Å². The molecular formula is C11H14N4O. The maximum Gasteiger partial charge on any atom is 0.136 e. The molecule has 84 valence electrons. The molecule has 0 unspecified atom stereocenters. The molecule has 1 aromatic heterocycles. The monoisotopic (exact) mass is 218 g/mol. The summed E-state index contributed by atoms with van der Waals surface area (Å²) in [4.78, 5) is 0. The maximum atomic E-state index is 5.86. The molecule has 16 heavy (non-hydrogen) atoms. The second-order valence-electron chi connectivity index (χ2n) is 4.09. The highest BCUT2D eigenvalue weighted by Crippen LogP contribution is 2.25. The number of nitrogens with zero attached hydrogens (tertiary/aromatic N) is 3. The standard InChI is InChI=1S/C11H14N4O/c12-9-2-1-3-10-11(9)13-14-15(10)8-4-6-16-7-5-8/h1-3,8H,4-7,12H2. The van der Waals surface area contributed by atoms with Crippen molar-refractivity contribution in [1.82, 2.24) is 15.0 Å². The molecule has 0 aliphatic carbocycles. The van der Waals surface area contributed by atoms with Gasteiger partial charge in [0.1, 0.15) is 5.52 Å². The van der Waals surface area contributed by atoms with Crippen molar-refractivity contribution >= 4 is 16.7 Å². The van der Waals surface area contributed by atoms with Crippen LogP contribution in [-0.2, 0) is 4.74 Å². The number of hydrogen-bond donors (Lipinski definition) is 1. The van der Waals surface area contributed by atoms with Crippen molar-refractivity contribution in [2.45, 2.75) is 18.9 Å². The summed E-state index contributed by atoms with van der Waals surface area (Å²) in [5.74, 6) is 0. The second kappa shape index (κ2) is 3.75. The lowest BCUT2D eigenvalue weighted by Gasteiger charge is -2.22. The Kier molecular flexibility index (Phi) is 2.25. The Morgan fingerprint density at radius 3 is 2.94 bits per heavy atom. The molecule has 0 radical (unpaired) electrons. The first-order chi connectivity index (χ1) is 7.86. The molecule has 3 rings (SSSR count). The Bertz CT molecular complexity index is 502. The molecule has 0 saturated carbocycles. The molecule has 0 spiro atoms. The number of aromatic nitrogens is 3. The van der Waals surface area contributed by atoms with Gasteiger partial charge in [0.15, 0.2) is 0 Å². The largest absolute Gasteiger partial charge is 0.397 e. The van der Waals surface area contributed by atoms with Gasteiger partial charge in [0.25, 0.3) is 0 Å². The topological polar surface area (TPSA) is 66.0 Å². The number of fused-ring (bicyclic) bond motifs is 1. The average Bonchev–Trinajstić information content (AvgIpc) is 2.75. The Morgan fingerprint density at radius 1 is 1.31 bits per heavy atom. The first-order valence-corrected chi connectivity index (χ1v) is 5.53. The van der Waals surface area contributed by atoms with E-state index < -0.39 is 0 Å². The van der Waals surface area contributed by atoms with Crippen LogP contribution in [0.2, 0.25) is 0 Å². The van der Waals surface area contributed by atoms with Crippen LogP contribution in [0.3, 0.4) is 0 Å². The molecule has 0 amide bonds. The fourth-order valence-corrected chi connectivity index (χ4v) is 2.18. The van der Waals surface area contributed by atoms with Crippen molar-refractivity contribution in [2.24, 2.45) is 0 Å². The SMILES string of the molecule is Nc1cccc2c1nnn2C1CCOCC1. The van der Waals surface area contributed by atoms with Crippen molar-refractivity contribution in [3.8, 4) is 0 Å². The smallest absolute Gasteiger partial charge is 0.136 e. The minimum Gasteiger partial charge on any atom is -0.397 e. The van der Waals surface area contributed by atoms with Gasteiger partial charge in [-0.25, -0.2) is 4.68 Å². The van der Waals surface area contributed by atoms with Crippen LogP contribution >= 0.6 is 0 Å². The maximum absolute atomic E-state index is 5.86. The third-order valence-corrected chi connectivity index (χ3v) is 3.07. The van der Waals surface area contributed by atoms with Crippen LogP contribution in [0, 0.1) is 0 Å². The number of rotatable bonds is 1. The normalized spacial score (nSPS) is 18.0. The van der Waals surface area contributed by atoms with E-state index in [1.165, 1.54) is 0 Å². The molecule has 5 nitrogen and oxygen atoms in total. The number of nitrogen functional groups attached to an aromatic ring is 1. The summed E-state index contributed by atoms with van der Waals surface area (Å²) in [6, 6.07) is 6.20.